The van der Waals surface area contributed by atoms with E-state index < -0.39 is 0 Å². The third-order valence-corrected chi connectivity index (χ3v) is 4.03. The molecule has 106 valence electrons. The second-order valence-electron chi connectivity index (χ2n) is 5.65. The lowest BCUT2D eigenvalue weighted by Crippen LogP contribution is -2.28. The first-order chi connectivity index (χ1) is 9.86. The Hall–Kier alpha value is -1.68. The molecular weight excluding hydrogens is 248 g/mol. The van der Waals surface area contributed by atoms with Gasteiger partial charge in [0.25, 0.3) is 0 Å². The molecule has 0 aliphatic heterocycles. The first-order valence-electron chi connectivity index (χ1n) is 7.55. The molecule has 0 amide bonds. The Morgan fingerprint density at radius 3 is 2.75 bits per heavy atom. The second kappa shape index (κ2) is 6.18. The summed E-state index contributed by atoms with van der Waals surface area (Å²) in [6, 6.07) is 10.8. The zero-order chi connectivity index (χ0) is 13.8. The van der Waals surface area contributed by atoms with Crippen LogP contribution in [0.4, 0.5) is 0 Å². The predicted molar refractivity (Wildman–Crippen MR) is 80.1 cm³/mol. The lowest BCUT2D eigenvalue weighted by molar-refractivity contribution is 0.442. The zero-order valence-electron chi connectivity index (χ0n) is 12.0. The van der Waals surface area contributed by atoms with E-state index in [0.29, 0.717) is 6.04 Å². The summed E-state index contributed by atoms with van der Waals surface area (Å²) in [6.45, 7) is 3.03. The van der Waals surface area contributed by atoms with E-state index in [0.717, 1.165) is 29.4 Å². The number of benzene rings is 1. The van der Waals surface area contributed by atoms with Gasteiger partial charge in [-0.15, -0.1) is 0 Å². The van der Waals surface area contributed by atoms with Crippen LogP contribution in [0.2, 0.25) is 0 Å². The Morgan fingerprint density at radius 1 is 1.25 bits per heavy atom. The van der Waals surface area contributed by atoms with Gasteiger partial charge in [-0.3, -0.25) is 0 Å². The van der Waals surface area contributed by atoms with Gasteiger partial charge in [-0.2, -0.15) is 15.4 Å². The topological polar surface area (TPSA) is 53.6 Å². The van der Waals surface area contributed by atoms with Gasteiger partial charge in [0.2, 0.25) is 0 Å². The Balaban J connectivity index is 1.64. The van der Waals surface area contributed by atoms with E-state index in [1.165, 1.54) is 25.7 Å². The van der Waals surface area contributed by atoms with Crippen molar-refractivity contribution >= 4 is 0 Å². The van der Waals surface area contributed by atoms with Crippen LogP contribution in [0.3, 0.4) is 0 Å². The summed E-state index contributed by atoms with van der Waals surface area (Å²) in [5.41, 5.74) is 3.08. The second-order valence-corrected chi connectivity index (χ2v) is 5.65. The van der Waals surface area contributed by atoms with E-state index in [9.17, 15) is 0 Å². The smallest absolute Gasteiger partial charge is 0.117 e. The maximum atomic E-state index is 4.29. The lowest BCUT2D eigenvalue weighted by Gasteiger charge is -2.15. The number of aromatic amines is 1. The van der Waals surface area contributed by atoms with Gasteiger partial charge in [0.1, 0.15) is 11.4 Å². The molecule has 1 unspecified atom stereocenters. The molecular formula is C16H22N4. The molecule has 1 atom stereocenters. The summed E-state index contributed by atoms with van der Waals surface area (Å²) >= 11 is 0. The first kappa shape index (κ1) is 13.3. The monoisotopic (exact) mass is 270 g/mol. The van der Waals surface area contributed by atoms with Gasteiger partial charge in [0.05, 0.1) is 0 Å². The Bertz CT molecular complexity index is 530. The van der Waals surface area contributed by atoms with Crippen LogP contribution in [0.1, 0.15) is 38.3 Å². The summed E-state index contributed by atoms with van der Waals surface area (Å²) in [5.74, 6) is 0.957. The van der Waals surface area contributed by atoms with Crippen LogP contribution in [-0.4, -0.2) is 21.5 Å². The fourth-order valence-corrected chi connectivity index (χ4v) is 2.59. The fourth-order valence-electron chi connectivity index (χ4n) is 2.59. The van der Waals surface area contributed by atoms with Crippen molar-refractivity contribution in [3.8, 4) is 11.3 Å². The van der Waals surface area contributed by atoms with Gasteiger partial charge in [-0.05, 0) is 18.8 Å². The molecule has 0 saturated heterocycles. The number of rotatable bonds is 7. The lowest BCUT2D eigenvalue weighted by atomic mass is 10.1. The molecule has 20 heavy (non-hydrogen) atoms. The highest BCUT2D eigenvalue weighted by atomic mass is 15.3. The Labute approximate surface area is 120 Å². The molecule has 1 aromatic heterocycles. The molecule has 0 spiro atoms. The highest BCUT2D eigenvalue weighted by Crippen LogP contribution is 2.34. The minimum Gasteiger partial charge on any atom is -0.308 e. The minimum absolute atomic E-state index is 0.600. The van der Waals surface area contributed by atoms with Crippen LogP contribution in [0, 0.1) is 5.92 Å². The molecule has 4 heteroatoms. The maximum Gasteiger partial charge on any atom is 0.117 e. The Kier molecular flexibility index (Phi) is 4.11. The molecule has 1 fully saturated rings. The SMILES string of the molecule is CCC(CC1CC1)NCc1n[nH]nc1-c1ccccc1. The molecule has 1 aromatic carbocycles. The minimum atomic E-state index is 0.600. The molecule has 1 saturated carbocycles. The maximum absolute atomic E-state index is 4.29. The average molecular weight is 270 g/mol. The van der Waals surface area contributed by atoms with E-state index >= 15 is 0 Å². The largest absolute Gasteiger partial charge is 0.308 e. The summed E-state index contributed by atoms with van der Waals surface area (Å²) in [7, 11) is 0. The van der Waals surface area contributed by atoms with E-state index in [1.807, 2.05) is 18.2 Å². The number of H-pyrrole nitrogens is 1. The van der Waals surface area contributed by atoms with Crippen LogP contribution >= 0.6 is 0 Å². The van der Waals surface area contributed by atoms with E-state index in [1.54, 1.807) is 0 Å². The van der Waals surface area contributed by atoms with Crippen LogP contribution in [0.5, 0.6) is 0 Å². The summed E-state index contributed by atoms with van der Waals surface area (Å²) in [5, 5.41) is 15.0. The zero-order valence-corrected chi connectivity index (χ0v) is 12.0. The van der Waals surface area contributed by atoms with Crippen molar-refractivity contribution < 1.29 is 0 Å². The van der Waals surface area contributed by atoms with Gasteiger partial charge in [-0.1, -0.05) is 50.1 Å². The van der Waals surface area contributed by atoms with Crippen LogP contribution in [0.15, 0.2) is 30.3 Å². The average Bonchev–Trinajstić information content (AvgIpc) is 3.19. The van der Waals surface area contributed by atoms with Gasteiger partial charge >= 0.3 is 0 Å². The van der Waals surface area contributed by atoms with E-state index in [4.69, 9.17) is 0 Å². The van der Waals surface area contributed by atoms with E-state index in [-0.39, 0.29) is 0 Å². The van der Waals surface area contributed by atoms with Gasteiger partial charge in [0.15, 0.2) is 0 Å². The van der Waals surface area contributed by atoms with Crippen LogP contribution < -0.4 is 5.32 Å². The highest BCUT2D eigenvalue weighted by molar-refractivity contribution is 5.60. The number of hydrogen-bond donors (Lipinski definition) is 2. The number of nitrogens with one attached hydrogen (secondary N) is 2. The highest BCUT2D eigenvalue weighted by Gasteiger charge is 2.24. The summed E-state index contributed by atoms with van der Waals surface area (Å²) < 4.78 is 0. The number of hydrogen-bond acceptors (Lipinski definition) is 3. The normalized spacial score (nSPS) is 16.2. The third-order valence-electron chi connectivity index (χ3n) is 4.03. The van der Waals surface area contributed by atoms with Crippen molar-refractivity contribution in [3.63, 3.8) is 0 Å². The van der Waals surface area contributed by atoms with Crippen molar-refractivity contribution in [2.75, 3.05) is 0 Å². The quantitative estimate of drug-likeness (QED) is 0.812. The molecule has 2 N–H and O–H groups in total. The van der Waals surface area contributed by atoms with E-state index in [2.05, 4.69) is 39.8 Å². The summed E-state index contributed by atoms with van der Waals surface area (Å²) in [6.07, 6.45) is 5.30. The molecule has 3 rings (SSSR count). The van der Waals surface area contributed by atoms with Crippen molar-refractivity contribution in [3.05, 3.63) is 36.0 Å². The molecule has 0 bridgehead atoms. The van der Waals surface area contributed by atoms with Crippen molar-refractivity contribution in [2.45, 2.75) is 45.2 Å². The molecule has 1 aliphatic carbocycles. The molecule has 4 nitrogen and oxygen atoms in total. The van der Waals surface area contributed by atoms with Crippen molar-refractivity contribution in [1.29, 1.82) is 0 Å². The van der Waals surface area contributed by atoms with Crippen LogP contribution in [0.25, 0.3) is 11.3 Å². The van der Waals surface area contributed by atoms with Crippen LogP contribution in [-0.2, 0) is 6.54 Å². The predicted octanol–water partition coefficient (Wildman–Crippen LogP) is 3.14. The standard InChI is InChI=1S/C16H22N4/c1-2-14(10-12-8-9-12)17-11-15-16(19-20-18-15)13-6-4-3-5-7-13/h3-7,12,14,17H,2,8-11H2,1H3,(H,18,19,20). The Morgan fingerprint density at radius 2 is 2.05 bits per heavy atom. The third kappa shape index (κ3) is 3.25. The molecule has 1 aliphatic rings. The molecule has 1 heterocycles. The molecule has 0 radical (unpaired) electrons. The number of nitrogens with zero attached hydrogens (tertiary/aromatic N) is 2. The first-order valence-corrected chi connectivity index (χ1v) is 7.55. The molecule has 2 aromatic rings. The van der Waals surface area contributed by atoms with Gasteiger partial charge < -0.3 is 5.32 Å². The number of aromatic nitrogens is 3. The summed E-state index contributed by atoms with van der Waals surface area (Å²) in [4.78, 5) is 0. The van der Waals surface area contributed by atoms with Crippen molar-refractivity contribution in [2.24, 2.45) is 5.92 Å². The van der Waals surface area contributed by atoms with Crippen molar-refractivity contribution in [1.82, 2.24) is 20.7 Å². The van der Waals surface area contributed by atoms with Gasteiger partial charge in [0, 0.05) is 18.2 Å². The fraction of sp³-hybridized carbons (Fsp3) is 0.500. The van der Waals surface area contributed by atoms with Gasteiger partial charge in [-0.25, -0.2) is 0 Å².